The van der Waals surface area contributed by atoms with Crippen LogP contribution >= 0.6 is 11.3 Å². The zero-order valence-electron chi connectivity index (χ0n) is 18.1. The molecule has 5 nitrogen and oxygen atoms in total. The summed E-state index contributed by atoms with van der Waals surface area (Å²) in [6.45, 7) is 6.83. The van der Waals surface area contributed by atoms with Crippen LogP contribution in [0.4, 0.5) is 5.00 Å². The fourth-order valence-corrected chi connectivity index (χ4v) is 5.27. The molecule has 1 heterocycles. The summed E-state index contributed by atoms with van der Waals surface area (Å²) in [7, 11) is 1.61. The van der Waals surface area contributed by atoms with Gasteiger partial charge in [-0.1, -0.05) is 39.3 Å². The second kappa shape index (κ2) is 9.04. The van der Waals surface area contributed by atoms with Crippen molar-refractivity contribution in [3.8, 4) is 5.75 Å². The number of primary amides is 1. The van der Waals surface area contributed by atoms with Gasteiger partial charge in [0.2, 0.25) is 5.91 Å². The van der Waals surface area contributed by atoms with Crippen LogP contribution in [0.5, 0.6) is 5.75 Å². The number of carbonyl (C=O) groups excluding carboxylic acids is 2. The Balaban J connectivity index is 1.78. The van der Waals surface area contributed by atoms with Gasteiger partial charge in [0.05, 0.1) is 12.7 Å². The van der Waals surface area contributed by atoms with Gasteiger partial charge in [0.1, 0.15) is 10.8 Å². The van der Waals surface area contributed by atoms with Crippen LogP contribution in [0.15, 0.2) is 30.3 Å². The number of carbonyl (C=O) groups is 2. The van der Waals surface area contributed by atoms with Crippen molar-refractivity contribution in [3.05, 3.63) is 51.9 Å². The lowest BCUT2D eigenvalue weighted by Crippen LogP contribution is -2.29. The quantitative estimate of drug-likeness (QED) is 0.608. The largest absolute Gasteiger partial charge is 0.497 e. The minimum atomic E-state index is -0.477. The number of fused-ring (bicyclic) bond motifs is 1. The lowest BCUT2D eigenvalue weighted by atomic mass is 9.69. The second-order valence-corrected chi connectivity index (χ2v) is 9.55. The summed E-state index contributed by atoms with van der Waals surface area (Å²) in [5.41, 5.74) is 8.32. The smallest absolute Gasteiger partial charge is 0.251 e. The van der Waals surface area contributed by atoms with E-state index in [1.54, 1.807) is 13.2 Å². The van der Waals surface area contributed by atoms with Gasteiger partial charge in [-0.15, -0.1) is 11.3 Å². The molecule has 1 unspecified atom stereocenters. The number of benzene rings is 1. The van der Waals surface area contributed by atoms with Gasteiger partial charge in [0.15, 0.2) is 0 Å². The van der Waals surface area contributed by atoms with Gasteiger partial charge in [-0.2, -0.15) is 0 Å². The van der Waals surface area contributed by atoms with E-state index in [4.69, 9.17) is 10.5 Å². The van der Waals surface area contributed by atoms with Crippen LogP contribution in [0, 0.1) is 11.3 Å². The predicted molar refractivity (Wildman–Crippen MR) is 123 cm³/mol. The molecule has 3 N–H and O–H groups in total. The van der Waals surface area contributed by atoms with Crippen LogP contribution in [0.2, 0.25) is 0 Å². The third kappa shape index (κ3) is 4.75. The molecular formula is C24H30N2O3S. The van der Waals surface area contributed by atoms with Crippen molar-refractivity contribution in [1.82, 2.24) is 0 Å². The van der Waals surface area contributed by atoms with Gasteiger partial charge in [-0.05, 0) is 59.9 Å². The predicted octanol–water partition coefficient (Wildman–Crippen LogP) is 5.05. The molecule has 1 aromatic heterocycles. The Morgan fingerprint density at radius 3 is 2.60 bits per heavy atom. The molecule has 2 amide bonds. The summed E-state index contributed by atoms with van der Waals surface area (Å²) < 4.78 is 5.14. The topological polar surface area (TPSA) is 81.4 Å². The van der Waals surface area contributed by atoms with Crippen LogP contribution in [0.25, 0.3) is 6.08 Å². The summed E-state index contributed by atoms with van der Waals surface area (Å²) in [5.74, 6) is 0.566. The van der Waals surface area contributed by atoms with Crippen LogP contribution in [0.3, 0.4) is 0 Å². The van der Waals surface area contributed by atoms with Crippen molar-refractivity contribution < 1.29 is 14.3 Å². The molecule has 1 atom stereocenters. The fourth-order valence-electron chi connectivity index (χ4n) is 3.93. The number of methoxy groups -OCH3 is 1. The van der Waals surface area contributed by atoms with E-state index >= 15 is 0 Å². The van der Waals surface area contributed by atoms with Crippen molar-refractivity contribution in [2.75, 3.05) is 12.4 Å². The molecule has 30 heavy (non-hydrogen) atoms. The van der Waals surface area contributed by atoms with Crippen molar-refractivity contribution in [2.45, 2.75) is 46.5 Å². The normalized spacial score (nSPS) is 16.3. The van der Waals surface area contributed by atoms with Crippen molar-refractivity contribution >= 4 is 34.2 Å². The molecule has 0 fully saturated rings. The monoisotopic (exact) mass is 426 g/mol. The summed E-state index contributed by atoms with van der Waals surface area (Å²) in [5, 5.41) is 3.44. The van der Waals surface area contributed by atoms with E-state index in [2.05, 4.69) is 26.1 Å². The van der Waals surface area contributed by atoms with E-state index in [0.717, 1.165) is 42.6 Å². The van der Waals surface area contributed by atoms with E-state index in [-0.39, 0.29) is 11.3 Å². The number of rotatable bonds is 7. The highest BCUT2D eigenvalue weighted by atomic mass is 32.1. The van der Waals surface area contributed by atoms with Gasteiger partial charge in [-0.25, -0.2) is 0 Å². The first-order valence-corrected chi connectivity index (χ1v) is 11.1. The number of thiophene rings is 1. The number of nitrogens with two attached hydrogens (primary N) is 1. The highest BCUT2D eigenvalue weighted by molar-refractivity contribution is 7.17. The average Bonchev–Trinajstić information content (AvgIpc) is 3.09. The van der Waals surface area contributed by atoms with E-state index in [1.807, 2.05) is 24.3 Å². The Morgan fingerprint density at radius 2 is 2.00 bits per heavy atom. The minimum absolute atomic E-state index is 0.249. The molecule has 3 rings (SSSR count). The first-order valence-electron chi connectivity index (χ1n) is 10.3. The minimum Gasteiger partial charge on any atom is -0.497 e. The lowest BCUT2D eigenvalue weighted by molar-refractivity contribution is -0.111. The summed E-state index contributed by atoms with van der Waals surface area (Å²) >= 11 is 1.49. The number of hydrogen-bond acceptors (Lipinski definition) is 4. The molecular weight excluding hydrogens is 396 g/mol. The van der Waals surface area contributed by atoms with Gasteiger partial charge in [0, 0.05) is 11.0 Å². The molecule has 1 aromatic carbocycles. The van der Waals surface area contributed by atoms with Gasteiger partial charge < -0.3 is 15.8 Å². The van der Waals surface area contributed by atoms with Crippen molar-refractivity contribution in [2.24, 2.45) is 17.1 Å². The maximum Gasteiger partial charge on any atom is 0.251 e. The van der Waals surface area contributed by atoms with Gasteiger partial charge >= 0.3 is 0 Å². The Morgan fingerprint density at radius 1 is 1.30 bits per heavy atom. The number of amides is 2. The van der Waals surface area contributed by atoms with E-state index in [0.29, 0.717) is 16.5 Å². The molecule has 1 aliphatic carbocycles. The zero-order valence-corrected chi connectivity index (χ0v) is 18.9. The number of nitrogens with one attached hydrogen (secondary N) is 1. The molecule has 0 spiro atoms. The molecule has 0 radical (unpaired) electrons. The van der Waals surface area contributed by atoms with Crippen LogP contribution in [0.1, 0.15) is 60.0 Å². The summed E-state index contributed by atoms with van der Waals surface area (Å²) in [4.78, 5) is 25.8. The first-order chi connectivity index (χ1) is 14.2. The van der Waals surface area contributed by atoms with Gasteiger partial charge in [0.25, 0.3) is 5.91 Å². The van der Waals surface area contributed by atoms with Crippen LogP contribution in [-0.2, 0) is 17.6 Å². The first kappa shape index (κ1) is 22.1. The average molecular weight is 427 g/mol. The summed E-state index contributed by atoms with van der Waals surface area (Å²) in [6, 6.07) is 7.42. The van der Waals surface area contributed by atoms with E-state index < -0.39 is 5.91 Å². The molecule has 1 aliphatic rings. The molecule has 0 aliphatic heterocycles. The van der Waals surface area contributed by atoms with Crippen molar-refractivity contribution in [1.29, 1.82) is 0 Å². The molecule has 0 bridgehead atoms. The Hall–Kier alpha value is -2.60. The van der Waals surface area contributed by atoms with Crippen molar-refractivity contribution in [3.63, 3.8) is 0 Å². The zero-order chi connectivity index (χ0) is 21.9. The third-order valence-electron chi connectivity index (χ3n) is 6.31. The maximum atomic E-state index is 12.5. The molecule has 6 heteroatoms. The maximum absolute atomic E-state index is 12.5. The number of hydrogen-bond donors (Lipinski definition) is 2. The lowest BCUT2D eigenvalue weighted by Gasteiger charge is -2.36. The van der Waals surface area contributed by atoms with Gasteiger partial charge in [-0.3, -0.25) is 9.59 Å². The SMILES string of the molecule is CCC(C)(C)C1CCc2c(sc(NC(=O)C=Cc3ccc(OC)cc3)c2C(N)=O)C1. The second-order valence-electron chi connectivity index (χ2n) is 8.45. The van der Waals surface area contributed by atoms with Crippen LogP contribution < -0.4 is 15.8 Å². The number of ether oxygens (including phenoxy) is 1. The molecule has 0 saturated heterocycles. The Kier molecular flexibility index (Phi) is 6.66. The number of anilines is 1. The molecule has 160 valence electrons. The summed E-state index contributed by atoms with van der Waals surface area (Å²) in [6.07, 6.45) is 7.10. The highest BCUT2D eigenvalue weighted by Crippen LogP contribution is 2.45. The highest BCUT2D eigenvalue weighted by Gasteiger charge is 2.34. The molecule has 0 saturated carbocycles. The third-order valence-corrected chi connectivity index (χ3v) is 7.48. The molecule has 2 aromatic rings. The standard InChI is InChI=1S/C24H30N2O3S/c1-5-24(2,3)16-9-12-18-19(14-16)30-23(21(18)22(25)28)26-20(27)13-8-15-6-10-17(29-4)11-7-15/h6-8,10-11,13,16H,5,9,12,14H2,1-4H3,(H2,25,28)(H,26,27). The van der Waals surface area contributed by atoms with E-state index in [9.17, 15) is 9.59 Å². The fraction of sp³-hybridized carbons (Fsp3) is 0.417. The Bertz CT molecular complexity index is 958. The Labute approximate surface area is 182 Å². The van der Waals surface area contributed by atoms with E-state index in [1.165, 1.54) is 22.3 Å². The van der Waals surface area contributed by atoms with Crippen LogP contribution in [-0.4, -0.2) is 18.9 Å².